The molecule has 132 valence electrons. The topological polar surface area (TPSA) is 63.7 Å². The average Bonchev–Trinajstić information content (AvgIpc) is 3.16. The van der Waals surface area contributed by atoms with Gasteiger partial charge in [-0.1, -0.05) is 41.9 Å². The fraction of sp³-hybridized carbons (Fsp3) is 0.278. The van der Waals surface area contributed by atoms with Gasteiger partial charge in [0.1, 0.15) is 11.5 Å². The first-order valence-electron chi connectivity index (χ1n) is 7.99. The molecule has 2 aromatic carbocycles. The summed E-state index contributed by atoms with van der Waals surface area (Å²) in [6, 6.07) is 13.5. The van der Waals surface area contributed by atoms with Crippen LogP contribution in [0.4, 0.5) is 0 Å². The molecular weight excluding hydrogens is 362 g/mol. The molecule has 0 aliphatic carbocycles. The van der Waals surface area contributed by atoms with Crippen molar-refractivity contribution in [3.05, 3.63) is 64.7 Å². The van der Waals surface area contributed by atoms with Gasteiger partial charge in [0.2, 0.25) is 10.0 Å². The number of sulfonamides is 1. The Bertz CT molecular complexity index is 862. The van der Waals surface area contributed by atoms with Crippen LogP contribution in [0, 0.1) is 0 Å². The molecule has 1 saturated heterocycles. The fourth-order valence-corrected chi connectivity index (χ4v) is 4.72. The molecule has 0 unspecified atom stereocenters. The highest BCUT2D eigenvalue weighted by molar-refractivity contribution is 7.89. The van der Waals surface area contributed by atoms with Crippen LogP contribution in [0.1, 0.15) is 28.8 Å². The highest BCUT2D eigenvalue weighted by atomic mass is 35.5. The molecule has 1 fully saturated rings. The molecule has 25 heavy (non-hydrogen) atoms. The van der Waals surface area contributed by atoms with Crippen LogP contribution in [-0.4, -0.2) is 31.8 Å². The van der Waals surface area contributed by atoms with Crippen molar-refractivity contribution in [1.82, 2.24) is 4.31 Å². The summed E-state index contributed by atoms with van der Waals surface area (Å²) in [6.45, 7) is 1.07. The molecule has 2 aromatic rings. The maximum atomic E-state index is 12.7. The van der Waals surface area contributed by atoms with Crippen molar-refractivity contribution in [2.24, 2.45) is 0 Å². The Labute approximate surface area is 152 Å². The summed E-state index contributed by atoms with van der Waals surface area (Å²) in [5.74, 6) is -0.585. The Morgan fingerprint density at radius 3 is 2.44 bits per heavy atom. The van der Waals surface area contributed by atoms with Crippen molar-refractivity contribution >= 4 is 27.6 Å². The normalized spacial score (nSPS) is 15.2. The Morgan fingerprint density at radius 1 is 1.08 bits per heavy atom. The number of benzene rings is 2. The van der Waals surface area contributed by atoms with Gasteiger partial charge < -0.3 is 4.74 Å². The maximum absolute atomic E-state index is 12.7. The summed E-state index contributed by atoms with van der Waals surface area (Å²) in [4.78, 5) is 12.2. The number of ether oxygens (including phenoxy) is 1. The van der Waals surface area contributed by atoms with Crippen LogP contribution in [-0.2, 0) is 21.4 Å². The number of carbonyl (C=O) groups is 1. The monoisotopic (exact) mass is 379 g/mol. The lowest BCUT2D eigenvalue weighted by molar-refractivity contribution is 0.0472. The summed E-state index contributed by atoms with van der Waals surface area (Å²) in [5, 5.41) is 0.103. The van der Waals surface area contributed by atoms with Gasteiger partial charge in [-0.2, -0.15) is 4.31 Å². The molecule has 0 amide bonds. The van der Waals surface area contributed by atoms with Crippen molar-refractivity contribution in [2.45, 2.75) is 24.3 Å². The zero-order chi connectivity index (χ0) is 17.9. The van der Waals surface area contributed by atoms with Crippen LogP contribution in [0.25, 0.3) is 0 Å². The molecular formula is C18H18ClNO4S. The standard InChI is InChI=1S/C18H18ClNO4S/c19-16-9-8-15(18(21)24-13-14-6-2-1-3-7-14)12-17(16)25(22,23)20-10-4-5-11-20/h1-3,6-9,12H,4-5,10-11,13H2. The number of hydrogen-bond acceptors (Lipinski definition) is 4. The van der Waals surface area contributed by atoms with E-state index in [1.807, 2.05) is 30.3 Å². The highest BCUT2D eigenvalue weighted by Crippen LogP contribution is 2.28. The lowest BCUT2D eigenvalue weighted by Gasteiger charge is -2.17. The molecule has 1 aliphatic heterocycles. The lowest BCUT2D eigenvalue weighted by Crippen LogP contribution is -2.28. The minimum absolute atomic E-state index is 0.0507. The van der Waals surface area contributed by atoms with E-state index in [2.05, 4.69) is 0 Å². The van der Waals surface area contributed by atoms with Crippen LogP contribution in [0.15, 0.2) is 53.4 Å². The van der Waals surface area contributed by atoms with E-state index in [1.165, 1.54) is 22.5 Å². The number of carbonyl (C=O) groups excluding carboxylic acids is 1. The Balaban J connectivity index is 1.80. The number of rotatable bonds is 5. The van der Waals surface area contributed by atoms with Gasteiger partial charge in [-0.05, 0) is 36.6 Å². The first-order valence-corrected chi connectivity index (χ1v) is 9.81. The van der Waals surface area contributed by atoms with Gasteiger partial charge in [0.15, 0.2) is 0 Å². The first-order chi connectivity index (χ1) is 12.0. The minimum atomic E-state index is -3.70. The minimum Gasteiger partial charge on any atom is -0.457 e. The SMILES string of the molecule is O=C(OCc1ccccc1)c1ccc(Cl)c(S(=O)(=O)N2CCCC2)c1. The van der Waals surface area contributed by atoms with E-state index in [1.54, 1.807) is 0 Å². The number of hydrogen-bond donors (Lipinski definition) is 0. The summed E-state index contributed by atoms with van der Waals surface area (Å²) < 4.78 is 32.1. The number of halogens is 1. The predicted octanol–water partition coefficient (Wildman–Crippen LogP) is 3.48. The van der Waals surface area contributed by atoms with E-state index in [0.717, 1.165) is 18.4 Å². The molecule has 0 radical (unpaired) electrons. The maximum Gasteiger partial charge on any atom is 0.338 e. The quantitative estimate of drug-likeness (QED) is 0.746. The third kappa shape index (κ3) is 4.03. The third-order valence-electron chi connectivity index (χ3n) is 4.06. The van der Waals surface area contributed by atoms with E-state index < -0.39 is 16.0 Å². The first kappa shape index (κ1) is 17.9. The van der Waals surface area contributed by atoms with Crippen molar-refractivity contribution in [3.63, 3.8) is 0 Å². The largest absolute Gasteiger partial charge is 0.457 e. The van der Waals surface area contributed by atoms with Crippen LogP contribution in [0.3, 0.4) is 0 Å². The number of nitrogens with zero attached hydrogens (tertiary/aromatic N) is 1. The molecule has 0 aromatic heterocycles. The summed E-state index contributed by atoms with van der Waals surface area (Å²) >= 11 is 6.08. The van der Waals surface area contributed by atoms with E-state index in [0.29, 0.717) is 13.1 Å². The van der Waals surface area contributed by atoms with E-state index >= 15 is 0 Å². The second kappa shape index (κ2) is 7.56. The van der Waals surface area contributed by atoms with Gasteiger partial charge >= 0.3 is 5.97 Å². The molecule has 0 N–H and O–H groups in total. The Kier molecular flexibility index (Phi) is 5.42. The van der Waals surface area contributed by atoms with Gasteiger partial charge in [-0.25, -0.2) is 13.2 Å². The highest BCUT2D eigenvalue weighted by Gasteiger charge is 2.29. The molecule has 1 aliphatic rings. The van der Waals surface area contributed by atoms with Crippen molar-refractivity contribution in [1.29, 1.82) is 0 Å². The van der Waals surface area contributed by atoms with Crippen LogP contribution in [0.2, 0.25) is 5.02 Å². The Morgan fingerprint density at radius 2 is 1.76 bits per heavy atom. The van der Waals surface area contributed by atoms with E-state index in [-0.39, 0.29) is 22.1 Å². The van der Waals surface area contributed by atoms with E-state index in [4.69, 9.17) is 16.3 Å². The van der Waals surface area contributed by atoms with Gasteiger partial charge in [0.05, 0.1) is 10.6 Å². The van der Waals surface area contributed by atoms with Crippen LogP contribution < -0.4 is 0 Å². The zero-order valence-electron chi connectivity index (χ0n) is 13.5. The molecule has 0 bridgehead atoms. The van der Waals surface area contributed by atoms with Crippen molar-refractivity contribution in [3.8, 4) is 0 Å². The molecule has 1 heterocycles. The van der Waals surface area contributed by atoms with Gasteiger partial charge in [-0.3, -0.25) is 0 Å². The van der Waals surface area contributed by atoms with Gasteiger partial charge in [0.25, 0.3) is 0 Å². The Hall–Kier alpha value is -1.89. The molecule has 7 heteroatoms. The van der Waals surface area contributed by atoms with Gasteiger partial charge in [0, 0.05) is 13.1 Å². The average molecular weight is 380 g/mol. The lowest BCUT2D eigenvalue weighted by atomic mass is 10.2. The van der Waals surface area contributed by atoms with Crippen LogP contribution in [0.5, 0.6) is 0 Å². The second-order valence-corrected chi connectivity index (χ2v) is 8.13. The third-order valence-corrected chi connectivity index (χ3v) is 6.44. The summed E-state index contributed by atoms with van der Waals surface area (Å²) in [5.41, 5.74) is 1.02. The predicted molar refractivity (Wildman–Crippen MR) is 95.0 cm³/mol. The molecule has 0 spiro atoms. The van der Waals surface area contributed by atoms with Crippen LogP contribution >= 0.6 is 11.6 Å². The summed E-state index contributed by atoms with van der Waals surface area (Å²) in [6.07, 6.45) is 1.66. The van der Waals surface area contributed by atoms with Gasteiger partial charge in [-0.15, -0.1) is 0 Å². The van der Waals surface area contributed by atoms with Crippen molar-refractivity contribution < 1.29 is 17.9 Å². The molecule has 3 rings (SSSR count). The van der Waals surface area contributed by atoms with Crippen molar-refractivity contribution in [2.75, 3.05) is 13.1 Å². The smallest absolute Gasteiger partial charge is 0.338 e. The van der Waals surface area contributed by atoms with E-state index in [9.17, 15) is 13.2 Å². The number of esters is 1. The molecule has 0 atom stereocenters. The summed E-state index contributed by atoms with van der Waals surface area (Å²) in [7, 11) is -3.70. The molecule has 0 saturated carbocycles. The molecule has 5 nitrogen and oxygen atoms in total. The fourth-order valence-electron chi connectivity index (χ4n) is 2.70. The second-order valence-electron chi connectivity index (χ2n) is 5.82. The zero-order valence-corrected chi connectivity index (χ0v) is 15.1.